The predicted octanol–water partition coefficient (Wildman–Crippen LogP) is 4.75. The van der Waals surface area contributed by atoms with Crippen molar-refractivity contribution >= 4 is 5.97 Å². The molecule has 2 heterocycles. The molecular formula is C22H31NO2. The highest BCUT2D eigenvalue weighted by atomic mass is 16.5. The van der Waals surface area contributed by atoms with E-state index in [2.05, 4.69) is 69.0 Å². The van der Waals surface area contributed by atoms with Crippen molar-refractivity contribution in [1.29, 1.82) is 0 Å². The average molecular weight is 341 g/mol. The van der Waals surface area contributed by atoms with Gasteiger partial charge in [0, 0.05) is 17.0 Å². The van der Waals surface area contributed by atoms with E-state index in [0.29, 0.717) is 12.5 Å². The minimum absolute atomic E-state index is 0.0816. The Bertz CT molecular complexity index is 653. The molecule has 0 saturated carbocycles. The number of carbonyl (C=O) groups is 1. The maximum Gasteiger partial charge on any atom is 0.324 e. The minimum Gasteiger partial charge on any atom is -0.465 e. The molecule has 0 N–H and O–H groups in total. The number of ether oxygens (including phenoxy) is 1. The van der Waals surface area contributed by atoms with Crippen molar-refractivity contribution in [2.24, 2.45) is 11.3 Å². The van der Waals surface area contributed by atoms with Crippen molar-refractivity contribution < 1.29 is 9.53 Å². The van der Waals surface area contributed by atoms with Crippen LogP contribution < -0.4 is 0 Å². The van der Waals surface area contributed by atoms with Gasteiger partial charge in [0.2, 0.25) is 0 Å². The molecule has 136 valence electrons. The average Bonchev–Trinajstić information content (AvgIpc) is 2.61. The zero-order valence-corrected chi connectivity index (χ0v) is 16.2. The molecule has 0 unspecified atom stereocenters. The van der Waals surface area contributed by atoms with Gasteiger partial charge in [-0.05, 0) is 38.2 Å². The zero-order chi connectivity index (χ0) is 18.2. The second kappa shape index (κ2) is 6.60. The van der Waals surface area contributed by atoms with Gasteiger partial charge < -0.3 is 4.74 Å². The van der Waals surface area contributed by atoms with E-state index >= 15 is 0 Å². The van der Waals surface area contributed by atoms with Crippen molar-refractivity contribution in [1.82, 2.24) is 4.90 Å². The Morgan fingerprint density at radius 2 is 1.88 bits per heavy atom. The normalized spacial score (nSPS) is 32.8. The summed E-state index contributed by atoms with van der Waals surface area (Å²) in [5, 5.41) is 0. The summed E-state index contributed by atoms with van der Waals surface area (Å²) >= 11 is 0. The molecule has 2 bridgehead atoms. The fraction of sp³-hybridized carbons (Fsp3) is 0.591. The number of benzene rings is 1. The highest BCUT2D eigenvalue weighted by Gasteiger charge is 2.59. The van der Waals surface area contributed by atoms with Crippen molar-refractivity contribution in [2.75, 3.05) is 6.61 Å². The van der Waals surface area contributed by atoms with Gasteiger partial charge in [-0.15, -0.1) is 0 Å². The topological polar surface area (TPSA) is 29.5 Å². The van der Waals surface area contributed by atoms with E-state index < -0.39 is 0 Å². The summed E-state index contributed by atoms with van der Waals surface area (Å²) in [5.41, 5.74) is 0.998. The maximum absolute atomic E-state index is 13.0. The third-order valence-corrected chi connectivity index (χ3v) is 6.41. The van der Waals surface area contributed by atoms with Crippen molar-refractivity contribution in [3.63, 3.8) is 0 Å². The van der Waals surface area contributed by atoms with Gasteiger partial charge in [-0.3, -0.25) is 9.69 Å². The van der Waals surface area contributed by atoms with Gasteiger partial charge >= 0.3 is 5.97 Å². The SMILES string of the molecule is CCOC(=O)[C@H]1N([C@H](C)c2ccccc2)[C@@]2(C(C)C)C=C[C@@]1(C)CC2. The molecule has 3 aliphatic rings. The summed E-state index contributed by atoms with van der Waals surface area (Å²) in [4.78, 5) is 15.5. The summed E-state index contributed by atoms with van der Waals surface area (Å²) in [7, 11) is 0. The summed E-state index contributed by atoms with van der Waals surface area (Å²) < 4.78 is 5.53. The highest BCUT2D eigenvalue weighted by Crippen LogP contribution is 2.55. The minimum atomic E-state index is -0.233. The second-order valence-electron chi connectivity index (χ2n) is 8.13. The maximum atomic E-state index is 13.0. The number of carbonyl (C=O) groups excluding carboxylic acids is 1. The van der Waals surface area contributed by atoms with Crippen LogP contribution in [0.1, 0.15) is 59.1 Å². The Balaban J connectivity index is 2.11. The van der Waals surface area contributed by atoms with Crippen molar-refractivity contribution in [3.05, 3.63) is 48.0 Å². The molecule has 1 aromatic rings. The van der Waals surface area contributed by atoms with Gasteiger partial charge in [0.15, 0.2) is 0 Å². The Morgan fingerprint density at radius 1 is 1.20 bits per heavy atom. The molecule has 4 rings (SSSR count). The predicted molar refractivity (Wildman–Crippen MR) is 101 cm³/mol. The quantitative estimate of drug-likeness (QED) is 0.572. The Hall–Kier alpha value is -1.61. The van der Waals surface area contributed by atoms with Gasteiger partial charge in [0.1, 0.15) is 6.04 Å². The fourth-order valence-corrected chi connectivity index (χ4v) is 4.83. The van der Waals surface area contributed by atoms with Gasteiger partial charge in [0.25, 0.3) is 0 Å². The molecular weight excluding hydrogens is 310 g/mol. The standard InChI is InChI=1S/C22H31NO2/c1-6-25-20(24)19-21(5)12-14-22(15-13-21,16(2)3)23(19)17(4)18-10-8-7-9-11-18/h7-12,14,16-17,19H,6,13,15H2,1-5H3/t17-,19-,21+,22+/m1/s1. The molecule has 3 heteroatoms. The smallest absolute Gasteiger partial charge is 0.324 e. The summed E-state index contributed by atoms with van der Waals surface area (Å²) in [6, 6.07) is 10.4. The van der Waals surface area contributed by atoms with E-state index in [1.54, 1.807) is 0 Å². The van der Waals surface area contributed by atoms with E-state index in [9.17, 15) is 4.79 Å². The molecule has 1 aromatic carbocycles. The number of esters is 1. The lowest BCUT2D eigenvalue weighted by molar-refractivity contribution is -0.170. The number of fused-ring (bicyclic) bond motifs is 2. The van der Waals surface area contributed by atoms with Gasteiger partial charge in [-0.25, -0.2) is 0 Å². The van der Waals surface area contributed by atoms with E-state index in [1.165, 1.54) is 5.56 Å². The van der Waals surface area contributed by atoms with E-state index in [0.717, 1.165) is 12.8 Å². The Kier molecular flexibility index (Phi) is 4.80. The van der Waals surface area contributed by atoms with Crippen LogP contribution in [0.5, 0.6) is 0 Å². The van der Waals surface area contributed by atoms with Crippen molar-refractivity contribution in [3.8, 4) is 0 Å². The lowest BCUT2D eigenvalue weighted by Crippen LogP contribution is -2.69. The van der Waals surface area contributed by atoms with Crippen LogP contribution in [0.3, 0.4) is 0 Å². The summed E-state index contributed by atoms with van der Waals surface area (Å²) in [5.74, 6) is 0.346. The highest BCUT2D eigenvalue weighted by molar-refractivity contribution is 5.78. The van der Waals surface area contributed by atoms with E-state index in [1.807, 2.05) is 13.0 Å². The number of nitrogens with zero attached hydrogens (tertiary/aromatic N) is 1. The first-order valence-corrected chi connectivity index (χ1v) is 9.56. The monoisotopic (exact) mass is 341 g/mol. The Labute approximate surface area is 152 Å². The molecule has 0 radical (unpaired) electrons. The number of hydrogen-bond acceptors (Lipinski definition) is 3. The van der Waals surface area contributed by atoms with Crippen molar-refractivity contribution in [2.45, 2.75) is 65.1 Å². The van der Waals surface area contributed by atoms with Crippen LogP contribution in [-0.2, 0) is 9.53 Å². The second-order valence-corrected chi connectivity index (χ2v) is 8.13. The molecule has 0 aromatic heterocycles. The molecule has 0 spiro atoms. The van der Waals surface area contributed by atoms with Crippen LogP contribution in [0.15, 0.2) is 42.5 Å². The first-order valence-electron chi connectivity index (χ1n) is 9.56. The zero-order valence-electron chi connectivity index (χ0n) is 16.2. The summed E-state index contributed by atoms with van der Waals surface area (Å²) in [6.07, 6.45) is 6.77. The van der Waals surface area contributed by atoms with Gasteiger partial charge in [0.05, 0.1) is 6.61 Å². The first kappa shape index (κ1) is 18.2. The molecule has 4 atom stereocenters. The molecule has 2 aliphatic heterocycles. The molecule has 1 saturated heterocycles. The first-order chi connectivity index (χ1) is 11.9. The van der Waals surface area contributed by atoms with Crippen LogP contribution in [0, 0.1) is 11.3 Å². The summed E-state index contributed by atoms with van der Waals surface area (Å²) in [6.45, 7) is 11.3. The molecule has 1 aliphatic carbocycles. The van der Waals surface area contributed by atoms with Gasteiger partial charge in [-0.2, -0.15) is 0 Å². The van der Waals surface area contributed by atoms with Crippen LogP contribution in [0.25, 0.3) is 0 Å². The van der Waals surface area contributed by atoms with Crippen LogP contribution in [-0.4, -0.2) is 29.1 Å². The van der Waals surface area contributed by atoms with Crippen LogP contribution >= 0.6 is 0 Å². The van der Waals surface area contributed by atoms with E-state index in [4.69, 9.17) is 4.74 Å². The number of piperidine rings is 1. The van der Waals surface area contributed by atoms with E-state index in [-0.39, 0.29) is 29.0 Å². The largest absolute Gasteiger partial charge is 0.465 e. The number of hydrogen-bond donors (Lipinski definition) is 0. The molecule has 0 amide bonds. The van der Waals surface area contributed by atoms with Crippen LogP contribution in [0.4, 0.5) is 0 Å². The Morgan fingerprint density at radius 3 is 2.40 bits per heavy atom. The third kappa shape index (κ3) is 2.83. The molecule has 3 nitrogen and oxygen atoms in total. The van der Waals surface area contributed by atoms with Gasteiger partial charge in [-0.1, -0.05) is 63.3 Å². The molecule has 25 heavy (non-hydrogen) atoms. The fourth-order valence-electron chi connectivity index (χ4n) is 4.83. The third-order valence-electron chi connectivity index (χ3n) is 6.41. The van der Waals surface area contributed by atoms with Crippen LogP contribution in [0.2, 0.25) is 0 Å². The number of rotatable bonds is 5. The molecule has 1 fully saturated rings. The lowest BCUT2D eigenvalue weighted by atomic mass is 9.59. The lowest BCUT2D eigenvalue weighted by Gasteiger charge is -2.62.